The van der Waals surface area contributed by atoms with Gasteiger partial charge in [0.15, 0.2) is 0 Å². The normalized spacial score (nSPS) is 16.5. The molecule has 1 rings (SSSR count). The van der Waals surface area contributed by atoms with Crippen molar-refractivity contribution >= 4 is 6.21 Å². The molecular formula is C10H17N. The molecule has 1 nitrogen and oxygen atoms in total. The SMILES string of the molecule is CCCC1=C(CCC)N=CC1. The lowest BCUT2D eigenvalue weighted by Gasteiger charge is -2.01. The van der Waals surface area contributed by atoms with Crippen molar-refractivity contribution in [3.63, 3.8) is 0 Å². The number of rotatable bonds is 4. The lowest BCUT2D eigenvalue weighted by molar-refractivity contribution is 0.834. The van der Waals surface area contributed by atoms with Gasteiger partial charge in [-0.1, -0.05) is 26.7 Å². The summed E-state index contributed by atoms with van der Waals surface area (Å²) in [6.07, 6.45) is 8.06. The lowest BCUT2D eigenvalue weighted by Crippen LogP contribution is -1.84. The fourth-order valence-corrected chi connectivity index (χ4v) is 1.50. The molecule has 0 aromatic rings. The van der Waals surface area contributed by atoms with E-state index in [1.165, 1.54) is 31.4 Å². The van der Waals surface area contributed by atoms with Crippen LogP contribution < -0.4 is 0 Å². The van der Waals surface area contributed by atoms with Crippen LogP contribution in [-0.4, -0.2) is 6.21 Å². The molecule has 0 spiro atoms. The van der Waals surface area contributed by atoms with Crippen molar-refractivity contribution in [1.29, 1.82) is 0 Å². The predicted molar refractivity (Wildman–Crippen MR) is 50.0 cm³/mol. The molecule has 1 heteroatoms. The van der Waals surface area contributed by atoms with Gasteiger partial charge in [-0.25, -0.2) is 0 Å². The Balaban J connectivity index is 2.52. The second-order valence-electron chi connectivity index (χ2n) is 3.07. The molecule has 0 amide bonds. The van der Waals surface area contributed by atoms with Crippen LogP contribution in [0, 0.1) is 0 Å². The molecule has 0 aliphatic carbocycles. The first-order valence-electron chi connectivity index (χ1n) is 4.61. The molecular weight excluding hydrogens is 134 g/mol. The Bertz CT molecular complexity index is 177. The Morgan fingerprint density at radius 2 is 2.00 bits per heavy atom. The van der Waals surface area contributed by atoms with E-state index in [0.717, 1.165) is 6.42 Å². The van der Waals surface area contributed by atoms with E-state index in [-0.39, 0.29) is 0 Å². The third-order valence-electron chi connectivity index (χ3n) is 2.03. The molecule has 0 saturated heterocycles. The molecule has 0 bridgehead atoms. The highest BCUT2D eigenvalue weighted by Gasteiger charge is 2.07. The van der Waals surface area contributed by atoms with Gasteiger partial charge in [0, 0.05) is 18.3 Å². The minimum Gasteiger partial charge on any atom is -0.265 e. The maximum Gasteiger partial charge on any atom is 0.0395 e. The monoisotopic (exact) mass is 151 g/mol. The Kier molecular flexibility index (Phi) is 3.34. The number of hydrogen-bond acceptors (Lipinski definition) is 1. The van der Waals surface area contributed by atoms with Gasteiger partial charge in [0.2, 0.25) is 0 Å². The van der Waals surface area contributed by atoms with Gasteiger partial charge >= 0.3 is 0 Å². The minimum atomic E-state index is 1.11. The molecule has 0 atom stereocenters. The third-order valence-corrected chi connectivity index (χ3v) is 2.03. The first-order chi connectivity index (χ1) is 5.38. The van der Waals surface area contributed by atoms with Crippen molar-refractivity contribution in [2.24, 2.45) is 4.99 Å². The molecule has 0 fully saturated rings. The smallest absolute Gasteiger partial charge is 0.0395 e. The van der Waals surface area contributed by atoms with Gasteiger partial charge in [0.05, 0.1) is 0 Å². The zero-order valence-electron chi connectivity index (χ0n) is 7.56. The molecule has 0 aromatic carbocycles. The third kappa shape index (κ3) is 2.18. The summed E-state index contributed by atoms with van der Waals surface area (Å²) in [5.74, 6) is 0. The summed E-state index contributed by atoms with van der Waals surface area (Å²) in [5, 5.41) is 0. The Morgan fingerprint density at radius 1 is 1.27 bits per heavy atom. The van der Waals surface area contributed by atoms with E-state index in [9.17, 15) is 0 Å². The molecule has 62 valence electrons. The van der Waals surface area contributed by atoms with Crippen molar-refractivity contribution in [1.82, 2.24) is 0 Å². The van der Waals surface area contributed by atoms with Crippen LogP contribution in [0.2, 0.25) is 0 Å². The zero-order chi connectivity index (χ0) is 8.10. The van der Waals surface area contributed by atoms with Crippen LogP contribution in [0.3, 0.4) is 0 Å². The Hall–Kier alpha value is -0.590. The van der Waals surface area contributed by atoms with Gasteiger partial charge in [-0.3, -0.25) is 4.99 Å². The highest BCUT2D eigenvalue weighted by molar-refractivity contribution is 5.67. The predicted octanol–water partition coefficient (Wildman–Crippen LogP) is 3.32. The Morgan fingerprint density at radius 3 is 2.64 bits per heavy atom. The van der Waals surface area contributed by atoms with E-state index in [2.05, 4.69) is 25.1 Å². The maximum absolute atomic E-state index is 4.38. The summed E-state index contributed by atoms with van der Waals surface area (Å²) in [4.78, 5) is 4.38. The summed E-state index contributed by atoms with van der Waals surface area (Å²) >= 11 is 0. The van der Waals surface area contributed by atoms with Gasteiger partial charge in [-0.15, -0.1) is 0 Å². The van der Waals surface area contributed by atoms with Crippen molar-refractivity contribution in [3.8, 4) is 0 Å². The van der Waals surface area contributed by atoms with Crippen LogP contribution in [0.4, 0.5) is 0 Å². The van der Waals surface area contributed by atoms with Crippen molar-refractivity contribution in [2.45, 2.75) is 46.0 Å². The van der Waals surface area contributed by atoms with Gasteiger partial charge in [-0.05, 0) is 18.4 Å². The summed E-state index contributed by atoms with van der Waals surface area (Å²) in [6.45, 7) is 4.44. The topological polar surface area (TPSA) is 12.4 Å². The summed E-state index contributed by atoms with van der Waals surface area (Å²) in [7, 11) is 0. The van der Waals surface area contributed by atoms with Crippen molar-refractivity contribution in [2.75, 3.05) is 0 Å². The van der Waals surface area contributed by atoms with Crippen LogP contribution in [-0.2, 0) is 0 Å². The quantitative estimate of drug-likeness (QED) is 0.584. The van der Waals surface area contributed by atoms with Gasteiger partial charge < -0.3 is 0 Å². The molecule has 1 heterocycles. The van der Waals surface area contributed by atoms with Crippen LogP contribution in [0.15, 0.2) is 16.3 Å². The van der Waals surface area contributed by atoms with Crippen LogP contribution in [0.25, 0.3) is 0 Å². The zero-order valence-corrected chi connectivity index (χ0v) is 7.56. The summed E-state index contributed by atoms with van der Waals surface area (Å²) in [6, 6.07) is 0. The summed E-state index contributed by atoms with van der Waals surface area (Å²) < 4.78 is 0. The molecule has 0 aromatic heterocycles. The molecule has 0 unspecified atom stereocenters. The summed E-state index contributed by atoms with van der Waals surface area (Å²) in [5.41, 5.74) is 2.95. The first kappa shape index (κ1) is 8.51. The van der Waals surface area contributed by atoms with E-state index < -0.39 is 0 Å². The van der Waals surface area contributed by atoms with Crippen LogP contribution in [0.5, 0.6) is 0 Å². The molecule has 1 aliphatic heterocycles. The first-order valence-corrected chi connectivity index (χ1v) is 4.61. The van der Waals surface area contributed by atoms with Crippen molar-refractivity contribution in [3.05, 3.63) is 11.3 Å². The number of nitrogens with zero attached hydrogens (tertiary/aromatic N) is 1. The van der Waals surface area contributed by atoms with Crippen molar-refractivity contribution < 1.29 is 0 Å². The fourth-order valence-electron chi connectivity index (χ4n) is 1.50. The lowest BCUT2D eigenvalue weighted by atomic mass is 10.1. The Labute approximate surface area is 69.2 Å². The number of aliphatic imine (C=N–C) groups is 1. The molecule has 11 heavy (non-hydrogen) atoms. The molecule has 1 aliphatic rings. The molecule has 0 radical (unpaired) electrons. The average Bonchev–Trinajstić information content (AvgIpc) is 2.39. The van der Waals surface area contributed by atoms with Gasteiger partial charge in [0.25, 0.3) is 0 Å². The van der Waals surface area contributed by atoms with Crippen LogP contribution in [0.1, 0.15) is 46.0 Å². The number of allylic oxidation sites excluding steroid dienone is 2. The van der Waals surface area contributed by atoms with E-state index >= 15 is 0 Å². The maximum atomic E-state index is 4.38. The van der Waals surface area contributed by atoms with Crippen LogP contribution >= 0.6 is 0 Å². The highest BCUT2D eigenvalue weighted by Crippen LogP contribution is 2.23. The van der Waals surface area contributed by atoms with Gasteiger partial charge in [-0.2, -0.15) is 0 Å². The van der Waals surface area contributed by atoms with Gasteiger partial charge in [0.1, 0.15) is 0 Å². The highest BCUT2D eigenvalue weighted by atomic mass is 14.8. The van der Waals surface area contributed by atoms with E-state index in [4.69, 9.17) is 0 Å². The second-order valence-corrected chi connectivity index (χ2v) is 3.07. The van der Waals surface area contributed by atoms with E-state index in [1.54, 1.807) is 5.57 Å². The molecule has 0 saturated carbocycles. The minimum absolute atomic E-state index is 1.11. The average molecular weight is 151 g/mol. The van der Waals surface area contributed by atoms with E-state index in [1.807, 2.05) is 0 Å². The largest absolute Gasteiger partial charge is 0.265 e. The molecule has 0 N–H and O–H groups in total. The van der Waals surface area contributed by atoms with E-state index in [0.29, 0.717) is 0 Å². The fraction of sp³-hybridized carbons (Fsp3) is 0.700. The second kappa shape index (κ2) is 4.32. The number of hydrogen-bond donors (Lipinski definition) is 0. The standard InChI is InChI=1S/C10H17N/c1-3-5-9-7-8-11-10(9)6-4-2/h8H,3-7H2,1-2H3.